The summed E-state index contributed by atoms with van der Waals surface area (Å²) in [5.41, 5.74) is 5.77. The van der Waals surface area contributed by atoms with Crippen LogP contribution in [0.3, 0.4) is 0 Å². The topological polar surface area (TPSA) is 55.1 Å². The lowest BCUT2D eigenvalue weighted by Gasteiger charge is -2.05. The summed E-state index contributed by atoms with van der Waals surface area (Å²) in [4.78, 5) is 11.4. The van der Waals surface area contributed by atoms with Gasteiger partial charge in [0, 0.05) is 24.2 Å². The largest absolute Gasteiger partial charge is 0.352 e. The lowest BCUT2D eigenvalue weighted by Crippen LogP contribution is -2.27. The van der Waals surface area contributed by atoms with Crippen LogP contribution in [-0.2, 0) is 11.3 Å². The van der Waals surface area contributed by atoms with Gasteiger partial charge in [0.25, 0.3) is 0 Å². The Kier molecular flexibility index (Phi) is 2.87. The molecule has 1 aromatic rings. The standard InChI is InChI=1S/C11H12F2N2O/c12-7-2-1-6(9(13)3-7)5-15-11(16)8-4-10(8)14/h1-3,8,10H,4-5,14H2,(H,15,16). The molecule has 0 saturated heterocycles. The van der Waals surface area contributed by atoms with Gasteiger partial charge in [-0.3, -0.25) is 4.79 Å². The molecule has 16 heavy (non-hydrogen) atoms. The second-order valence-electron chi connectivity index (χ2n) is 3.96. The third kappa shape index (κ3) is 2.36. The van der Waals surface area contributed by atoms with Crippen molar-refractivity contribution in [2.45, 2.75) is 19.0 Å². The van der Waals surface area contributed by atoms with E-state index in [1.807, 2.05) is 0 Å². The first-order valence-corrected chi connectivity index (χ1v) is 5.05. The highest BCUT2D eigenvalue weighted by Crippen LogP contribution is 2.27. The van der Waals surface area contributed by atoms with Crippen molar-refractivity contribution < 1.29 is 13.6 Å². The SMILES string of the molecule is NC1CC1C(=O)NCc1ccc(F)cc1F. The lowest BCUT2D eigenvalue weighted by molar-refractivity contribution is -0.122. The maximum atomic E-state index is 13.2. The van der Waals surface area contributed by atoms with Crippen molar-refractivity contribution in [3.63, 3.8) is 0 Å². The van der Waals surface area contributed by atoms with Crippen LogP contribution in [-0.4, -0.2) is 11.9 Å². The minimum Gasteiger partial charge on any atom is -0.352 e. The lowest BCUT2D eigenvalue weighted by atomic mass is 10.2. The number of benzene rings is 1. The van der Waals surface area contributed by atoms with Crippen LogP contribution >= 0.6 is 0 Å². The summed E-state index contributed by atoms with van der Waals surface area (Å²) in [5.74, 6) is -1.60. The fourth-order valence-corrected chi connectivity index (χ4v) is 1.49. The minimum atomic E-state index is -0.652. The van der Waals surface area contributed by atoms with Crippen LogP contribution in [0.1, 0.15) is 12.0 Å². The molecule has 0 aromatic heterocycles. The number of rotatable bonds is 3. The normalized spacial score (nSPS) is 22.9. The summed E-state index contributed by atoms with van der Waals surface area (Å²) >= 11 is 0. The predicted octanol–water partition coefficient (Wildman–Crippen LogP) is 0.928. The molecule has 3 N–H and O–H groups in total. The Labute approximate surface area is 91.6 Å². The van der Waals surface area contributed by atoms with Gasteiger partial charge in [-0.2, -0.15) is 0 Å². The number of hydrogen-bond donors (Lipinski definition) is 2. The van der Waals surface area contributed by atoms with Crippen LogP contribution in [0, 0.1) is 17.6 Å². The van der Waals surface area contributed by atoms with Crippen molar-refractivity contribution >= 4 is 5.91 Å². The Balaban J connectivity index is 1.92. The summed E-state index contributed by atoms with van der Waals surface area (Å²) < 4.78 is 25.8. The average molecular weight is 226 g/mol. The smallest absolute Gasteiger partial charge is 0.225 e. The van der Waals surface area contributed by atoms with E-state index < -0.39 is 11.6 Å². The number of carbonyl (C=O) groups is 1. The summed E-state index contributed by atoms with van der Waals surface area (Å²) in [6.07, 6.45) is 0.678. The van der Waals surface area contributed by atoms with Gasteiger partial charge in [0.1, 0.15) is 11.6 Å². The van der Waals surface area contributed by atoms with Crippen LogP contribution in [0.2, 0.25) is 0 Å². The first kappa shape index (κ1) is 11.0. The first-order valence-electron chi connectivity index (χ1n) is 5.05. The van der Waals surface area contributed by atoms with E-state index in [2.05, 4.69) is 5.32 Å². The van der Waals surface area contributed by atoms with Gasteiger partial charge in [-0.05, 0) is 12.5 Å². The highest BCUT2D eigenvalue weighted by Gasteiger charge is 2.39. The molecule has 2 unspecified atom stereocenters. The molecule has 2 atom stereocenters. The molecule has 5 heteroatoms. The number of amides is 1. The van der Waals surface area contributed by atoms with E-state index in [-0.39, 0.29) is 30.0 Å². The van der Waals surface area contributed by atoms with E-state index in [0.29, 0.717) is 6.42 Å². The van der Waals surface area contributed by atoms with Crippen molar-refractivity contribution in [1.82, 2.24) is 5.32 Å². The summed E-state index contributed by atoms with van der Waals surface area (Å²) in [5, 5.41) is 2.57. The van der Waals surface area contributed by atoms with E-state index in [0.717, 1.165) is 12.1 Å². The van der Waals surface area contributed by atoms with Crippen LogP contribution in [0.5, 0.6) is 0 Å². The van der Waals surface area contributed by atoms with Gasteiger partial charge in [0.05, 0.1) is 5.92 Å². The van der Waals surface area contributed by atoms with Crippen molar-refractivity contribution in [3.05, 3.63) is 35.4 Å². The predicted molar refractivity (Wildman–Crippen MR) is 54.3 cm³/mol. The molecular weight excluding hydrogens is 214 g/mol. The number of nitrogens with one attached hydrogen (secondary N) is 1. The van der Waals surface area contributed by atoms with Crippen molar-refractivity contribution in [2.75, 3.05) is 0 Å². The zero-order valence-corrected chi connectivity index (χ0v) is 8.54. The molecule has 1 aromatic carbocycles. The molecule has 0 radical (unpaired) electrons. The first-order chi connectivity index (χ1) is 7.58. The van der Waals surface area contributed by atoms with Crippen LogP contribution in [0.15, 0.2) is 18.2 Å². The molecule has 0 spiro atoms. The highest BCUT2D eigenvalue weighted by atomic mass is 19.1. The van der Waals surface area contributed by atoms with Gasteiger partial charge >= 0.3 is 0 Å². The molecule has 2 rings (SSSR count). The van der Waals surface area contributed by atoms with Crippen LogP contribution in [0.25, 0.3) is 0 Å². The molecule has 86 valence electrons. The van der Waals surface area contributed by atoms with Gasteiger partial charge in [0.2, 0.25) is 5.91 Å². The molecule has 0 bridgehead atoms. The Morgan fingerprint density at radius 3 is 2.75 bits per heavy atom. The van der Waals surface area contributed by atoms with Gasteiger partial charge in [-0.25, -0.2) is 8.78 Å². The Hall–Kier alpha value is -1.49. The van der Waals surface area contributed by atoms with E-state index in [1.165, 1.54) is 6.07 Å². The Morgan fingerprint density at radius 1 is 1.50 bits per heavy atom. The number of hydrogen-bond acceptors (Lipinski definition) is 2. The maximum absolute atomic E-state index is 13.2. The van der Waals surface area contributed by atoms with Gasteiger partial charge in [-0.1, -0.05) is 6.07 Å². The molecular formula is C11H12F2N2O. The highest BCUT2D eigenvalue weighted by molar-refractivity contribution is 5.82. The molecule has 1 aliphatic rings. The number of nitrogens with two attached hydrogens (primary N) is 1. The van der Waals surface area contributed by atoms with Crippen molar-refractivity contribution in [2.24, 2.45) is 11.7 Å². The molecule has 3 nitrogen and oxygen atoms in total. The summed E-state index contributed by atoms with van der Waals surface area (Å²) in [7, 11) is 0. The molecule has 1 aliphatic carbocycles. The van der Waals surface area contributed by atoms with E-state index in [1.54, 1.807) is 0 Å². The van der Waals surface area contributed by atoms with Crippen molar-refractivity contribution in [3.8, 4) is 0 Å². The molecule has 0 heterocycles. The third-order valence-corrected chi connectivity index (χ3v) is 2.64. The number of carbonyl (C=O) groups excluding carboxylic acids is 1. The third-order valence-electron chi connectivity index (χ3n) is 2.64. The fourth-order valence-electron chi connectivity index (χ4n) is 1.49. The minimum absolute atomic E-state index is 0.0637. The summed E-state index contributed by atoms with van der Waals surface area (Å²) in [6.45, 7) is 0.0637. The van der Waals surface area contributed by atoms with Gasteiger partial charge < -0.3 is 11.1 Å². The van der Waals surface area contributed by atoms with Crippen molar-refractivity contribution in [1.29, 1.82) is 0 Å². The second kappa shape index (κ2) is 4.17. The number of halogens is 2. The Morgan fingerprint density at radius 2 is 2.19 bits per heavy atom. The average Bonchev–Trinajstić information content (AvgIpc) is 2.94. The van der Waals surface area contributed by atoms with Crippen LogP contribution < -0.4 is 11.1 Å². The zero-order chi connectivity index (χ0) is 11.7. The second-order valence-corrected chi connectivity index (χ2v) is 3.96. The molecule has 0 aliphatic heterocycles. The molecule has 1 fully saturated rings. The summed E-state index contributed by atoms with van der Waals surface area (Å²) in [6, 6.07) is 3.20. The van der Waals surface area contributed by atoms with E-state index >= 15 is 0 Å². The zero-order valence-electron chi connectivity index (χ0n) is 8.54. The van der Waals surface area contributed by atoms with E-state index in [4.69, 9.17) is 5.73 Å². The molecule has 1 amide bonds. The molecule has 1 saturated carbocycles. The Bertz CT molecular complexity index is 422. The monoisotopic (exact) mass is 226 g/mol. The van der Waals surface area contributed by atoms with E-state index in [9.17, 15) is 13.6 Å². The van der Waals surface area contributed by atoms with Gasteiger partial charge in [-0.15, -0.1) is 0 Å². The fraction of sp³-hybridized carbons (Fsp3) is 0.364. The quantitative estimate of drug-likeness (QED) is 0.805. The maximum Gasteiger partial charge on any atom is 0.225 e. The van der Waals surface area contributed by atoms with Gasteiger partial charge in [0.15, 0.2) is 0 Å². The van der Waals surface area contributed by atoms with Crippen LogP contribution in [0.4, 0.5) is 8.78 Å².